The molecule has 0 aliphatic carbocycles. The second-order valence-electron chi connectivity index (χ2n) is 6.76. The van der Waals surface area contributed by atoms with Crippen molar-refractivity contribution in [3.05, 3.63) is 59.2 Å². The van der Waals surface area contributed by atoms with Gasteiger partial charge in [-0.05, 0) is 80.7 Å². The maximum atomic E-state index is 12.2. The summed E-state index contributed by atoms with van der Waals surface area (Å²) in [5.74, 6) is 0.466. The van der Waals surface area contributed by atoms with Crippen LogP contribution in [0.25, 0.3) is 0 Å². The van der Waals surface area contributed by atoms with E-state index in [-0.39, 0.29) is 5.91 Å². The van der Waals surface area contributed by atoms with Crippen molar-refractivity contribution in [2.24, 2.45) is 0 Å². The van der Waals surface area contributed by atoms with Crippen LogP contribution in [-0.2, 0) is 11.3 Å². The molecule has 0 atom stereocenters. The first-order valence-electron chi connectivity index (χ1n) is 8.91. The monoisotopic (exact) mass is 354 g/mol. The third-order valence-electron chi connectivity index (χ3n) is 4.69. The molecule has 1 amide bonds. The lowest BCUT2D eigenvalue weighted by Crippen LogP contribution is -2.18. The van der Waals surface area contributed by atoms with E-state index in [1.165, 1.54) is 42.6 Å². The van der Waals surface area contributed by atoms with Crippen LogP contribution >= 0.6 is 11.8 Å². The number of anilines is 1. The van der Waals surface area contributed by atoms with E-state index in [9.17, 15) is 4.79 Å². The fraction of sp³-hybridized carbons (Fsp3) is 0.381. The number of thioether (sulfide) groups is 1. The lowest BCUT2D eigenvalue weighted by atomic mass is 10.1. The number of amides is 1. The Kier molecular flexibility index (Phi) is 6.16. The van der Waals surface area contributed by atoms with Gasteiger partial charge >= 0.3 is 0 Å². The summed E-state index contributed by atoms with van der Waals surface area (Å²) in [5, 5.41) is 2.99. The number of likely N-dealkylation sites (tertiary alicyclic amines) is 1. The number of nitrogens with zero attached hydrogens (tertiary/aromatic N) is 1. The molecular weight excluding hydrogens is 328 g/mol. The second kappa shape index (κ2) is 8.54. The van der Waals surface area contributed by atoms with Crippen LogP contribution in [-0.4, -0.2) is 29.6 Å². The van der Waals surface area contributed by atoms with Crippen LogP contribution in [0, 0.1) is 13.8 Å². The summed E-state index contributed by atoms with van der Waals surface area (Å²) in [6.45, 7) is 7.62. The summed E-state index contributed by atoms with van der Waals surface area (Å²) in [4.78, 5) is 15.8. The Labute approximate surface area is 154 Å². The molecule has 3 rings (SSSR count). The van der Waals surface area contributed by atoms with Gasteiger partial charge in [-0.1, -0.05) is 18.2 Å². The van der Waals surface area contributed by atoms with E-state index in [2.05, 4.69) is 54.4 Å². The van der Waals surface area contributed by atoms with Gasteiger partial charge in [0.05, 0.1) is 5.75 Å². The topological polar surface area (TPSA) is 32.3 Å². The number of aryl methyl sites for hydroxylation is 2. The standard InChI is InChI=1S/C21H26N2OS/c1-16-5-10-20(13-17(16)2)25-15-21(24)22-19-8-6-18(7-9-19)14-23-11-3-4-12-23/h5-10,13H,3-4,11-12,14-15H2,1-2H3,(H,22,24). The van der Waals surface area contributed by atoms with Gasteiger partial charge in [-0.25, -0.2) is 0 Å². The quantitative estimate of drug-likeness (QED) is 0.768. The normalized spacial score (nSPS) is 14.6. The number of hydrogen-bond donors (Lipinski definition) is 1. The van der Waals surface area contributed by atoms with Crippen LogP contribution in [0.4, 0.5) is 5.69 Å². The molecule has 1 N–H and O–H groups in total. The van der Waals surface area contributed by atoms with Gasteiger partial charge in [0.15, 0.2) is 0 Å². The van der Waals surface area contributed by atoms with E-state index in [4.69, 9.17) is 0 Å². The highest BCUT2D eigenvalue weighted by Gasteiger charge is 2.11. The molecule has 0 spiro atoms. The third kappa shape index (κ3) is 5.35. The van der Waals surface area contributed by atoms with Crippen molar-refractivity contribution in [2.75, 3.05) is 24.2 Å². The Morgan fingerprint density at radius 3 is 2.44 bits per heavy atom. The van der Waals surface area contributed by atoms with Crippen LogP contribution in [0.1, 0.15) is 29.5 Å². The second-order valence-corrected chi connectivity index (χ2v) is 7.81. The van der Waals surface area contributed by atoms with Gasteiger partial charge in [-0.15, -0.1) is 11.8 Å². The molecule has 25 heavy (non-hydrogen) atoms. The number of carbonyl (C=O) groups excluding carboxylic acids is 1. The van der Waals surface area contributed by atoms with Gasteiger partial charge in [0.25, 0.3) is 0 Å². The van der Waals surface area contributed by atoms with Crippen molar-refractivity contribution < 1.29 is 4.79 Å². The maximum Gasteiger partial charge on any atom is 0.234 e. The molecule has 0 saturated carbocycles. The maximum absolute atomic E-state index is 12.2. The fourth-order valence-corrected chi connectivity index (χ4v) is 3.84. The zero-order chi connectivity index (χ0) is 17.6. The highest BCUT2D eigenvalue weighted by Crippen LogP contribution is 2.21. The number of carbonyl (C=O) groups is 1. The SMILES string of the molecule is Cc1ccc(SCC(=O)Nc2ccc(CN3CCCC3)cc2)cc1C. The molecule has 2 aromatic rings. The molecule has 4 heteroatoms. The van der Waals surface area contributed by atoms with Crippen LogP contribution < -0.4 is 5.32 Å². The molecule has 0 bridgehead atoms. The zero-order valence-electron chi connectivity index (χ0n) is 15.0. The summed E-state index contributed by atoms with van der Waals surface area (Å²) >= 11 is 1.58. The summed E-state index contributed by atoms with van der Waals surface area (Å²) in [5.41, 5.74) is 4.72. The molecule has 1 heterocycles. The molecule has 1 fully saturated rings. The Morgan fingerprint density at radius 2 is 1.76 bits per heavy atom. The van der Waals surface area contributed by atoms with Crippen molar-refractivity contribution in [3.63, 3.8) is 0 Å². The zero-order valence-corrected chi connectivity index (χ0v) is 15.9. The highest BCUT2D eigenvalue weighted by molar-refractivity contribution is 8.00. The van der Waals surface area contributed by atoms with Crippen molar-refractivity contribution in [1.82, 2.24) is 4.90 Å². The predicted octanol–water partition coefficient (Wildman–Crippen LogP) is 4.63. The minimum atomic E-state index is 0.0375. The van der Waals surface area contributed by atoms with Crippen LogP contribution in [0.5, 0.6) is 0 Å². The molecule has 2 aromatic carbocycles. The average Bonchev–Trinajstić information content (AvgIpc) is 3.11. The van der Waals surface area contributed by atoms with Crippen LogP contribution in [0.2, 0.25) is 0 Å². The predicted molar refractivity (Wildman–Crippen MR) is 106 cm³/mol. The first-order valence-corrected chi connectivity index (χ1v) is 9.90. The summed E-state index contributed by atoms with van der Waals surface area (Å²) in [6, 6.07) is 14.6. The van der Waals surface area contributed by atoms with E-state index in [1.54, 1.807) is 11.8 Å². The highest BCUT2D eigenvalue weighted by atomic mass is 32.2. The lowest BCUT2D eigenvalue weighted by molar-refractivity contribution is -0.113. The first kappa shape index (κ1) is 18.0. The van der Waals surface area contributed by atoms with E-state index in [0.717, 1.165) is 17.1 Å². The van der Waals surface area contributed by atoms with Crippen molar-refractivity contribution in [1.29, 1.82) is 0 Å². The summed E-state index contributed by atoms with van der Waals surface area (Å²) in [6.07, 6.45) is 2.62. The third-order valence-corrected chi connectivity index (χ3v) is 5.68. The number of rotatable bonds is 6. The fourth-order valence-electron chi connectivity index (χ4n) is 3.04. The summed E-state index contributed by atoms with van der Waals surface area (Å²) < 4.78 is 0. The molecule has 3 nitrogen and oxygen atoms in total. The molecule has 0 unspecified atom stereocenters. The smallest absolute Gasteiger partial charge is 0.234 e. The van der Waals surface area contributed by atoms with Crippen molar-refractivity contribution in [2.45, 2.75) is 38.1 Å². The largest absolute Gasteiger partial charge is 0.325 e. The molecule has 0 aromatic heterocycles. The molecule has 1 saturated heterocycles. The Hall–Kier alpha value is -1.78. The van der Waals surface area contributed by atoms with Gasteiger partial charge in [-0.2, -0.15) is 0 Å². The van der Waals surface area contributed by atoms with Gasteiger partial charge in [0.2, 0.25) is 5.91 Å². The van der Waals surface area contributed by atoms with Gasteiger partial charge < -0.3 is 5.32 Å². The minimum Gasteiger partial charge on any atom is -0.325 e. The molecule has 132 valence electrons. The average molecular weight is 355 g/mol. The van der Waals surface area contributed by atoms with E-state index >= 15 is 0 Å². The van der Waals surface area contributed by atoms with Crippen LogP contribution in [0.3, 0.4) is 0 Å². The Balaban J connectivity index is 1.47. The van der Waals surface area contributed by atoms with Gasteiger partial charge in [0.1, 0.15) is 0 Å². The van der Waals surface area contributed by atoms with Crippen LogP contribution in [0.15, 0.2) is 47.4 Å². The van der Waals surface area contributed by atoms with E-state index in [0.29, 0.717) is 5.75 Å². The number of benzene rings is 2. The molecule has 0 radical (unpaired) electrons. The van der Waals surface area contributed by atoms with Gasteiger partial charge in [-0.3, -0.25) is 9.69 Å². The van der Waals surface area contributed by atoms with Gasteiger partial charge in [0, 0.05) is 17.1 Å². The Bertz CT molecular complexity index is 721. The minimum absolute atomic E-state index is 0.0375. The number of nitrogens with one attached hydrogen (secondary N) is 1. The first-order chi connectivity index (χ1) is 12.1. The number of hydrogen-bond acceptors (Lipinski definition) is 3. The van der Waals surface area contributed by atoms with E-state index in [1.807, 2.05) is 12.1 Å². The molecular formula is C21H26N2OS. The van der Waals surface area contributed by atoms with Crippen molar-refractivity contribution in [3.8, 4) is 0 Å². The van der Waals surface area contributed by atoms with E-state index < -0.39 is 0 Å². The molecule has 1 aliphatic rings. The lowest BCUT2D eigenvalue weighted by Gasteiger charge is -2.14. The van der Waals surface area contributed by atoms with Crippen molar-refractivity contribution >= 4 is 23.4 Å². The molecule has 1 aliphatic heterocycles. The summed E-state index contributed by atoms with van der Waals surface area (Å²) in [7, 11) is 0. The Morgan fingerprint density at radius 1 is 1.04 bits per heavy atom.